The van der Waals surface area contributed by atoms with Crippen LogP contribution in [0.25, 0.3) is 21.7 Å². The van der Waals surface area contributed by atoms with Crippen molar-refractivity contribution >= 4 is 22.3 Å². The van der Waals surface area contributed by atoms with Gasteiger partial charge >= 0.3 is 0 Å². The van der Waals surface area contributed by atoms with Crippen LogP contribution in [-0.4, -0.2) is 16.7 Å². The molecular formula is C15H17N3OS. The van der Waals surface area contributed by atoms with Crippen LogP contribution in [0.3, 0.4) is 0 Å². The Balaban J connectivity index is 1.92. The van der Waals surface area contributed by atoms with Crippen LogP contribution >= 0.6 is 11.3 Å². The Bertz CT molecular complexity index is 671. The number of aromatic nitrogens is 2. The number of benzene rings is 1. The first-order valence-corrected chi connectivity index (χ1v) is 7.69. The van der Waals surface area contributed by atoms with E-state index in [0.717, 1.165) is 39.7 Å². The summed E-state index contributed by atoms with van der Waals surface area (Å²) in [5, 5.41) is 14.9. The van der Waals surface area contributed by atoms with Gasteiger partial charge in [-0.2, -0.15) is 0 Å². The summed E-state index contributed by atoms with van der Waals surface area (Å²) in [5.41, 5.74) is 0.887. The number of nitrogens with zero attached hydrogens (tertiary/aromatic N) is 2. The monoisotopic (exact) mass is 287 g/mol. The molecule has 0 bridgehead atoms. The molecule has 3 aromatic rings. The highest BCUT2D eigenvalue weighted by Gasteiger charge is 2.16. The van der Waals surface area contributed by atoms with Crippen molar-refractivity contribution in [2.24, 2.45) is 0 Å². The van der Waals surface area contributed by atoms with Crippen LogP contribution in [-0.2, 0) is 0 Å². The average molecular weight is 287 g/mol. The summed E-state index contributed by atoms with van der Waals surface area (Å²) < 4.78 is 5.83. The molecule has 0 aliphatic rings. The zero-order chi connectivity index (χ0) is 13.9. The van der Waals surface area contributed by atoms with Crippen molar-refractivity contribution in [3.63, 3.8) is 0 Å². The van der Waals surface area contributed by atoms with Crippen molar-refractivity contribution in [2.45, 2.75) is 26.3 Å². The molecule has 0 amide bonds. The summed E-state index contributed by atoms with van der Waals surface area (Å²) in [6, 6.07) is 10.3. The summed E-state index contributed by atoms with van der Waals surface area (Å²) in [6.45, 7) is 5.18. The Morgan fingerprint density at radius 1 is 1.25 bits per heavy atom. The summed E-state index contributed by atoms with van der Waals surface area (Å²) in [6.07, 6.45) is 1.00. The second kappa shape index (κ2) is 5.73. The van der Waals surface area contributed by atoms with Gasteiger partial charge in [0, 0.05) is 5.39 Å². The molecule has 4 nitrogen and oxygen atoms in total. The summed E-state index contributed by atoms with van der Waals surface area (Å²) >= 11 is 1.60. The van der Waals surface area contributed by atoms with Gasteiger partial charge in [0.1, 0.15) is 10.6 Å². The quantitative estimate of drug-likeness (QED) is 0.770. The van der Waals surface area contributed by atoms with Crippen LogP contribution in [0.4, 0.5) is 0 Å². The van der Waals surface area contributed by atoms with E-state index in [2.05, 4.69) is 29.4 Å². The zero-order valence-corrected chi connectivity index (χ0v) is 12.4. The van der Waals surface area contributed by atoms with E-state index >= 15 is 0 Å². The molecule has 2 aromatic heterocycles. The number of nitrogens with one attached hydrogen (secondary N) is 1. The van der Waals surface area contributed by atoms with Crippen LogP contribution in [0.15, 0.2) is 34.7 Å². The molecule has 1 N–H and O–H groups in total. The van der Waals surface area contributed by atoms with Crippen LogP contribution < -0.4 is 5.32 Å². The molecule has 20 heavy (non-hydrogen) atoms. The maximum atomic E-state index is 5.83. The molecule has 3 rings (SSSR count). The van der Waals surface area contributed by atoms with Gasteiger partial charge in [-0.3, -0.25) is 0 Å². The third-order valence-corrected chi connectivity index (χ3v) is 4.29. The fourth-order valence-electron chi connectivity index (χ4n) is 2.21. The Morgan fingerprint density at radius 2 is 2.10 bits per heavy atom. The van der Waals surface area contributed by atoms with Gasteiger partial charge in [-0.15, -0.1) is 10.2 Å². The number of para-hydroxylation sites is 1. The van der Waals surface area contributed by atoms with Crippen molar-refractivity contribution in [2.75, 3.05) is 6.54 Å². The largest absolute Gasteiger partial charge is 0.453 e. The van der Waals surface area contributed by atoms with E-state index in [9.17, 15) is 0 Å². The molecule has 5 heteroatoms. The van der Waals surface area contributed by atoms with Crippen LogP contribution in [0, 0.1) is 0 Å². The molecule has 0 fully saturated rings. The SMILES string of the molecule is CCNC(CC)c1nnc(-c2cc3ccccc3o2)s1. The Morgan fingerprint density at radius 3 is 2.85 bits per heavy atom. The average Bonchev–Trinajstić information content (AvgIpc) is 3.10. The van der Waals surface area contributed by atoms with Gasteiger partial charge < -0.3 is 9.73 Å². The molecule has 1 aromatic carbocycles. The molecule has 0 aliphatic heterocycles. The van der Waals surface area contributed by atoms with E-state index in [0.29, 0.717) is 0 Å². The minimum absolute atomic E-state index is 0.274. The predicted molar refractivity (Wildman–Crippen MR) is 81.8 cm³/mol. The van der Waals surface area contributed by atoms with Gasteiger partial charge in [0.2, 0.25) is 0 Å². The number of furan rings is 1. The lowest BCUT2D eigenvalue weighted by atomic mass is 10.2. The highest BCUT2D eigenvalue weighted by molar-refractivity contribution is 7.14. The summed E-state index contributed by atoms with van der Waals surface area (Å²) in [4.78, 5) is 0. The third-order valence-electron chi connectivity index (χ3n) is 3.23. The fourth-order valence-corrected chi connectivity index (χ4v) is 3.17. The predicted octanol–water partition coefficient (Wildman–Crippen LogP) is 4.01. The Labute approximate surface area is 121 Å². The van der Waals surface area contributed by atoms with Gasteiger partial charge in [0.25, 0.3) is 0 Å². The molecule has 1 atom stereocenters. The van der Waals surface area contributed by atoms with E-state index in [-0.39, 0.29) is 6.04 Å². The van der Waals surface area contributed by atoms with E-state index in [1.165, 1.54) is 0 Å². The van der Waals surface area contributed by atoms with Crippen LogP contribution in [0.1, 0.15) is 31.3 Å². The highest BCUT2D eigenvalue weighted by atomic mass is 32.1. The van der Waals surface area contributed by atoms with E-state index < -0.39 is 0 Å². The van der Waals surface area contributed by atoms with Crippen LogP contribution in [0.5, 0.6) is 0 Å². The fraction of sp³-hybridized carbons (Fsp3) is 0.333. The molecule has 0 spiro atoms. The topological polar surface area (TPSA) is 51.0 Å². The first-order valence-electron chi connectivity index (χ1n) is 6.87. The summed E-state index contributed by atoms with van der Waals surface area (Å²) in [5.74, 6) is 0.793. The minimum atomic E-state index is 0.274. The normalized spacial score (nSPS) is 12.9. The third kappa shape index (κ3) is 2.46. The Hall–Kier alpha value is -1.72. The smallest absolute Gasteiger partial charge is 0.183 e. The maximum absolute atomic E-state index is 5.83. The number of fused-ring (bicyclic) bond motifs is 1. The molecule has 0 saturated carbocycles. The van der Waals surface area contributed by atoms with Gasteiger partial charge in [0.05, 0.1) is 6.04 Å². The molecule has 0 aliphatic carbocycles. The molecule has 0 radical (unpaired) electrons. The van der Waals surface area contributed by atoms with Crippen molar-refractivity contribution in [1.82, 2.24) is 15.5 Å². The van der Waals surface area contributed by atoms with E-state index in [1.807, 2.05) is 30.3 Å². The first-order chi connectivity index (χ1) is 9.81. The lowest BCUT2D eigenvalue weighted by Gasteiger charge is -2.10. The molecule has 2 heterocycles. The van der Waals surface area contributed by atoms with E-state index in [1.54, 1.807) is 11.3 Å². The lowest BCUT2D eigenvalue weighted by Crippen LogP contribution is -2.19. The van der Waals surface area contributed by atoms with Gasteiger partial charge in [-0.1, -0.05) is 43.4 Å². The molecule has 1 unspecified atom stereocenters. The maximum Gasteiger partial charge on any atom is 0.183 e. The molecular weight excluding hydrogens is 270 g/mol. The van der Waals surface area contributed by atoms with Gasteiger partial charge in [-0.05, 0) is 25.1 Å². The van der Waals surface area contributed by atoms with Crippen molar-refractivity contribution < 1.29 is 4.42 Å². The second-order valence-corrected chi connectivity index (χ2v) is 5.62. The Kier molecular flexibility index (Phi) is 3.80. The minimum Gasteiger partial charge on any atom is -0.453 e. The summed E-state index contributed by atoms with van der Waals surface area (Å²) in [7, 11) is 0. The second-order valence-electron chi connectivity index (χ2n) is 4.61. The van der Waals surface area contributed by atoms with Gasteiger partial charge in [-0.25, -0.2) is 0 Å². The van der Waals surface area contributed by atoms with Crippen molar-refractivity contribution in [3.8, 4) is 10.8 Å². The zero-order valence-electron chi connectivity index (χ0n) is 11.6. The number of hydrogen-bond acceptors (Lipinski definition) is 5. The standard InChI is InChI=1S/C15H17N3OS/c1-3-11(16-4-2)14-17-18-15(20-14)13-9-10-7-5-6-8-12(10)19-13/h5-9,11,16H,3-4H2,1-2H3. The highest BCUT2D eigenvalue weighted by Crippen LogP contribution is 2.31. The molecule has 0 saturated heterocycles. The van der Waals surface area contributed by atoms with E-state index in [4.69, 9.17) is 4.42 Å². The first kappa shape index (κ1) is 13.3. The number of hydrogen-bond donors (Lipinski definition) is 1. The van der Waals surface area contributed by atoms with Crippen LogP contribution in [0.2, 0.25) is 0 Å². The molecule has 104 valence electrons. The van der Waals surface area contributed by atoms with Crippen molar-refractivity contribution in [3.05, 3.63) is 35.3 Å². The van der Waals surface area contributed by atoms with Crippen molar-refractivity contribution in [1.29, 1.82) is 0 Å². The number of rotatable bonds is 5. The lowest BCUT2D eigenvalue weighted by molar-refractivity contribution is 0.531. The van der Waals surface area contributed by atoms with Gasteiger partial charge in [0.15, 0.2) is 10.8 Å².